The topological polar surface area (TPSA) is 47.1 Å². The molecule has 1 aromatic rings. The molecule has 2 heterocycles. The molecule has 2 N–H and O–H groups in total. The minimum atomic E-state index is 0.0435. The van der Waals surface area contributed by atoms with Crippen LogP contribution in [0, 0.1) is 0 Å². The van der Waals surface area contributed by atoms with Gasteiger partial charge in [-0.3, -0.25) is 9.58 Å². The maximum Gasteiger partial charge on any atom is 0.0640 e. The van der Waals surface area contributed by atoms with E-state index in [0.29, 0.717) is 0 Å². The predicted molar refractivity (Wildman–Crippen MR) is 79.0 cm³/mol. The van der Waals surface area contributed by atoms with Crippen molar-refractivity contribution in [3.63, 3.8) is 0 Å². The maximum absolute atomic E-state index is 6.48. The average molecular weight is 264 g/mol. The monoisotopic (exact) mass is 264 g/mol. The zero-order valence-electron chi connectivity index (χ0n) is 12.6. The van der Waals surface area contributed by atoms with Crippen molar-refractivity contribution in [1.29, 1.82) is 0 Å². The summed E-state index contributed by atoms with van der Waals surface area (Å²) in [6, 6.07) is 2.19. The molecule has 108 valence electrons. The van der Waals surface area contributed by atoms with Gasteiger partial charge in [0.15, 0.2) is 0 Å². The lowest BCUT2D eigenvalue weighted by Gasteiger charge is -2.42. The Hall–Kier alpha value is -0.870. The third-order valence-electron chi connectivity index (χ3n) is 4.53. The van der Waals surface area contributed by atoms with E-state index in [-0.39, 0.29) is 11.6 Å². The number of rotatable bonds is 4. The van der Waals surface area contributed by atoms with E-state index in [1.165, 1.54) is 38.8 Å². The van der Waals surface area contributed by atoms with Crippen LogP contribution < -0.4 is 5.73 Å². The normalized spacial score (nSPS) is 20.2. The summed E-state index contributed by atoms with van der Waals surface area (Å²) in [5.74, 6) is 0. The molecule has 1 aliphatic rings. The summed E-state index contributed by atoms with van der Waals surface area (Å²) in [6.45, 7) is 6.93. The molecule has 0 saturated carbocycles. The lowest BCUT2D eigenvalue weighted by molar-refractivity contribution is 0.0975. The van der Waals surface area contributed by atoms with E-state index in [4.69, 9.17) is 5.73 Å². The molecule has 19 heavy (non-hydrogen) atoms. The summed E-state index contributed by atoms with van der Waals surface area (Å²) >= 11 is 0. The Balaban J connectivity index is 2.00. The number of likely N-dealkylation sites (tertiary alicyclic amines) is 1. The SMILES string of the molecule is Cn1ccc(CC(N)C(C)(C)N2CCCCCC2)n1. The third-order valence-corrected chi connectivity index (χ3v) is 4.53. The molecule has 1 saturated heterocycles. The second-order valence-electron chi connectivity index (χ2n) is 6.35. The molecule has 0 aliphatic carbocycles. The van der Waals surface area contributed by atoms with Crippen molar-refractivity contribution in [2.24, 2.45) is 12.8 Å². The second kappa shape index (κ2) is 6.06. The standard InChI is InChI=1S/C15H28N4/c1-15(2,19-9-6-4-5-7-10-19)14(16)12-13-8-11-18(3)17-13/h8,11,14H,4-7,9-10,12,16H2,1-3H3. The van der Waals surface area contributed by atoms with Crippen LogP contribution in [0.5, 0.6) is 0 Å². The van der Waals surface area contributed by atoms with Gasteiger partial charge in [-0.05, 0) is 45.8 Å². The molecular formula is C15H28N4. The van der Waals surface area contributed by atoms with Gasteiger partial charge in [-0.1, -0.05) is 12.8 Å². The molecule has 4 nitrogen and oxygen atoms in total. The van der Waals surface area contributed by atoms with Gasteiger partial charge >= 0.3 is 0 Å². The Kier molecular flexibility index (Phi) is 4.63. The molecule has 1 unspecified atom stereocenters. The van der Waals surface area contributed by atoms with E-state index in [1.54, 1.807) is 0 Å². The van der Waals surface area contributed by atoms with Crippen molar-refractivity contribution in [1.82, 2.24) is 14.7 Å². The van der Waals surface area contributed by atoms with E-state index in [2.05, 4.69) is 29.9 Å². The highest BCUT2D eigenvalue weighted by Crippen LogP contribution is 2.24. The summed E-state index contributed by atoms with van der Waals surface area (Å²) in [6.07, 6.45) is 8.18. The first-order chi connectivity index (χ1) is 9.00. The van der Waals surface area contributed by atoms with Gasteiger partial charge in [-0.15, -0.1) is 0 Å². The second-order valence-corrected chi connectivity index (χ2v) is 6.35. The Morgan fingerprint density at radius 3 is 2.42 bits per heavy atom. The van der Waals surface area contributed by atoms with Crippen LogP contribution in [0.1, 0.15) is 45.2 Å². The number of hydrogen-bond donors (Lipinski definition) is 1. The third kappa shape index (κ3) is 3.57. The van der Waals surface area contributed by atoms with Gasteiger partial charge in [-0.25, -0.2) is 0 Å². The largest absolute Gasteiger partial charge is 0.326 e. The Morgan fingerprint density at radius 1 is 1.26 bits per heavy atom. The molecule has 1 atom stereocenters. The van der Waals surface area contributed by atoms with Gasteiger partial charge in [-0.2, -0.15) is 5.10 Å². The van der Waals surface area contributed by atoms with E-state index in [9.17, 15) is 0 Å². The molecule has 4 heteroatoms. The van der Waals surface area contributed by atoms with Crippen molar-refractivity contribution >= 4 is 0 Å². The van der Waals surface area contributed by atoms with Gasteiger partial charge in [0, 0.05) is 31.2 Å². The van der Waals surface area contributed by atoms with E-state index in [1.807, 2.05) is 17.9 Å². The van der Waals surface area contributed by atoms with Gasteiger partial charge in [0.2, 0.25) is 0 Å². The fourth-order valence-corrected chi connectivity index (χ4v) is 2.93. The smallest absolute Gasteiger partial charge is 0.0640 e. The molecule has 0 amide bonds. The van der Waals surface area contributed by atoms with Crippen molar-refractivity contribution in [3.8, 4) is 0 Å². The van der Waals surface area contributed by atoms with Crippen molar-refractivity contribution in [2.45, 2.75) is 57.5 Å². The number of nitrogens with two attached hydrogens (primary N) is 1. The van der Waals surface area contributed by atoms with Crippen LogP contribution in [0.4, 0.5) is 0 Å². The van der Waals surface area contributed by atoms with Gasteiger partial charge in [0.1, 0.15) is 0 Å². The number of aryl methyl sites for hydroxylation is 1. The fourth-order valence-electron chi connectivity index (χ4n) is 2.93. The molecule has 1 fully saturated rings. The van der Waals surface area contributed by atoms with Gasteiger partial charge < -0.3 is 5.73 Å². The quantitative estimate of drug-likeness (QED) is 0.904. The molecule has 1 aliphatic heterocycles. The highest BCUT2D eigenvalue weighted by Gasteiger charge is 2.33. The van der Waals surface area contributed by atoms with E-state index < -0.39 is 0 Å². The molecule has 0 aromatic carbocycles. The first-order valence-corrected chi connectivity index (χ1v) is 7.49. The van der Waals surface area contributed by atoms with Crippen molar-refractivity contribution in [3.05, 3.63) is 18.0 Å². The molecule has 1 aromatic heterocycles. The molecule has 2 rings (SSSR count). The summed E-state index contributed by atoms with van der Waals surface area (Å²) in [5.41, 5.74) is 7.62. The molecule has 0 spiro atoms. The lowest BCUT2D eigenvalue weighted by Crippen LogP contribution is -2.57. The first-order valence-electron chi connectivity index (χ1n) is 7.49. The summed E-state index contributed by atoms with van der Waals surface area (Å²) in [5, 5.41) is 4.45. The predicted octanol–water partition coefficient (Wildman–Crippen LogP) is 1.94. The Morgan fingerprint density at radius 2 is 1.89 bits per heavy atom. The van der Waals surface area contributed by atoms with Crippen LogP contribution in [-0.2, 0) is 13.5 Å². The zero-order chi connectivity index (χ0) is 13.9. The summed E-state index contributed by atoms with van der Waals surface area (Å²) in [4.78, 5) is 2.58. The maximum atomic E-state index is 6.48. The number of hydrogen-bond acceptors (Lipinski definition) is 3. The van der Waals surface area contributed by atoms with Crippen molar-refractivity contribution in [2.75, 3.05) is 13.1 Å². The van der Waals surface area contributed by atoms with E-state index in [0.717, 1.165) is 12.1 Å². The van der Waals surface area contributed by atoms with Gasteiger partial charge in [0.25, 0.3) is 0 Å². The molecule has 0 radical (unpaired) electrons. The highest BCUT2D eigenvalue weighted by atomic mass is 15.3. The van der Waals surface area contributed by atoms with E-state index >= 15 is 0 Å². The van der Waals surface area contributed by atoms with Crippen LogP contribution in [0.3, 0.4) is 0 Å². The van der Waals surface area contributed by atoms with Crippen LogP contribution in [-0.4, -0.2) is 39.4 Å². The zero-order valence-corrected chi connectivity index (χ0v) is 12.6. The first kappa shape index (κ1) is 14.5. The minimum absolute atomic E-state index is 0.0435. The average Bonchev–Trinajstić information content (AvgIpc) is 2.63. The van der Waals surface area contributed by atoms with Crippen LogP contribution >= 0.6 is 0 Å². The van der Waals surface area contributed by atoms with Crippen LogP contribution in [0.25, 0.3) is 0 Å². The molecule has 0 bridgehead atoms. The van der Waals surface area contributed by atoms with Crippen molar-refractivity contribution < 1.29 is 0 Å². The highest BCUT2D eigenvalue weighted by molar-refractivity contribution is 5.05. The van der Waals surface area contributed by atoms with Crippen LogP contribution in [0.2, 0.25) is 0 Å². The summed E-state index contributed by atoms with van der Waals surface area (Å²) in [7, 11) is 1.95. The Bertz CT molecular complexity index is 389. The number of nitrogens with zero attached hydrogens (tertiary/aromatic N) is 3. The lowest BCUT2D eigenvalue weighted by atomic mass is 9.89. The molecular weight excluding hydrogens is 236 g/mol. The minimum Gasteiger partial charge on any atom is -0.326 e. The summed E-state index contributed by atoms with van der Waals surface area (Å²) < 4.78 is 1.85. The van der Waals surface area contributed by atoms with Crippen LogP contribution in [0.15, 0.2) is 12.3 Å². The fraction of sp³-hybridized carbons (Fsp3) is 0.800. The Labute approximate surface area is 117 Å². The van der Waals surface area contributed by atoms with Gasteiger partial charge in [0.05, 0.1) is 5.69 Å². The number of aromatic nitrogens is 2.